The average molecular weight is 466 g/mol. The minimum atomic E-state index is -4.71. The topological polar surface area (TPSA) is 151 Å². The number of benzene rings is 2. The molecule has 0 spiro atoms. The zero-order valence-corrected chi connectivity index (χ0v) is 18.3. The molecule has 0 aliphatic rings. The lowest BCUT2D eigenvalue weighted by molar-refractivity contribution is 0.188. The number of hydrogen-bond donors (Lipinski definition) is 3. The van der Waals surface area contributed by atoms with Gasteiger partial charge in [0, 0.05) is 34.7 Å². The molecule has 33 heavy (non-hydrogen) atoms. The van der Waals surface area contributed by atoms with Crippen molar-refractivity contribution in [1.82, 2.24) is 15.1 Å². The van der Waals surface area contributed by atoms with Crippen molar-refractivity contribution >= 4 is 19.7 Å². The highest BCUT2D eigenvalue weighted by atomic mass is 31.2. The Hall–Kier alpha value is -3.69. The maximum atomic E-state index is 11.1. The molecule has 4 aromatic rings. The standard InChI is InChI=1S/C22H19N4O6P/c1-14-20(27)18(16(11-23-14)13-31-33(28,29)30)12-24-19-10-6-5-9-17(19)21-25-22(32-26-21)15-7-3-2-4-8-15/h2-12,27H,13H2,1H3,(H2,28,29,30). The van der Waals surface area contributed by atoms with E-state index in [9.17, 15) is 9.67 Å². The highest BCUT2D eigenvalue weighted by Crippen LogP contribution is 2.38. The summed E-state index contributed by atoms with van der Waals surface area (Å²) in [4.78, 5) is 30.9. The summed E-state index contributed by atoms with van der Waals surface area (Å²) < 4.78 is 21.0. The van der Waals surface area contributed by atoms with Crippen LogP contribution >= 0.6 is 7.82 Å². The molecule has 0 aliphatic heterocycles. The molecule has 10 nitrogen and oxygen atoms in total. The molecular formula is C22H19N4O6P. The number of aryl methyl sites for hydroxylation is 1. The van der Waals surface area contributed by atoms with Crippen LogP contribution in [-0.2, 0) is 15.7 Å². The third kappa shape index (κ3) is 5.39. The van der Waals surface area contributed by atoms with Gasteiger partial charge >= 0.3 is 7.82 Å². The van der Waals surface area contributed by atoms with Crippen molar-refractivity contribution < 1.29 is 28.5 Å². The van der Waals surface area contributed by atoms with Crippen LogP contribution in [0.2, 0.25) is 0 Å². The smallest absolute Gasteiger partial charge is 0.469 e. The van der Waals surface area contributed by atoms with Gasteiger partial charge in [-0.25, -0.2) is 4.57 Å². The monoisotopic (exact) mass is 466 g/mol. The summed E-state index contributed by atoms with van der Waals surface area (Å²) in [5, 5.41) is 14.5. The van der Waals surface area contributed by atoms with Crippen molar-refractivity contribution in [3.05, 3.63) is 77.6 Å². The van der Waals surface area contributed by atoms with Gasteiger partial charge in [-0.1, -0.05) is 35.5 Å². The zero-order valence-electron chi connectivity index (χ0n) is 17.4. The summed E-state index contributed by atoms with van der Waals surface area (Å²) in [6.07, 6.45) is 2.74. The average Bonchev–Trinajstić information content (AvgIpc) is 3.29. The minimum Gasteiger partial charge on any atom is -0.505 e. The molecule has 4 rings (SSSR count). The molecule has 0 saturated heterocycles. The van der Waals surface area contributed by atoms with Crippen molar-refractivity contribution in [1.29, 1.82) is 0 Å². The van der Waals surface area contributed by atoms with E-state index in [1.165, 1.54) is 12.4 Å². The molecule has 0 radical (unpaired) electrons. The first-order valence-electron chi connectivity index (χ1n) is 9.72. The second-order valence-corrected chi connectivity index (χ2v) is 8.20. The Morgan fingerprint density at radius 1 is 1.12 bits per heavy atom. The predicted molar refractivity (Wildman–Crippen MR) is 120 cm³/mol. The van der Waals surface area contributed by atoms with Crippen molar-refractivity contribution in [2.45, 2.75) is 13.5 Å². The fraction of sp³-hybridized carbons (Fsp3) is 0.0909. The maximum absolute atomic E-state index is 11.1. The molecule has 0 bridgehead atoms. The van der Waals surface area contributed by atoms with Crippen LogP contribution in [-0.4, -0.2) is 36.2 Å². The van der Waals surface area contributed by atoms with Crippen molar-refractivity contribution in [2.75, 3.05) is 0 Å². The van der Waals surface area contributed by atoms with Crippen molar-refractivity contribution in [2.24, 2.45) is 4.99 Å². The first-order valence-corrected chi connectivity index (χ1v) is 11.2. The van der Waals surface area contributed by atoms with Crippen LogP contribution in [0.3, 0.4) is 0 Å². The normalized spacial score (nSPS) is 11.8. The highest BCUT2D eigenvalue weighted by Gasteiger charge is 2.18. The van der Waals surface area contributed by atoms with Gasteiger partial charge in [-0.05, 0) is 31.2 Å². The molecule has 2 aromatic heterocycles. The van der Waals surface area contributed by atoms with Gasteiger partial charge in [0.2, 0.25) is 5.82 Å². The zero-order chi connectivity index (χ0) is 23.4. The predicted octanol–water partition coefficient (Wildman–Crippen LogP) is 4.17. The number of aromatic hydroxyl groups is 1. The van der Waals surface area contributed by atoms with E-state index in [0.29, 0.717) is 28.7 Å². The third-order valence-electron chi connectivity index (χ3n) is 4.67. The lowest BCUT2D eigenvalue weighted by Gasteiger charge is -2.10. The summed E-state index contributed by atoms with van der Waals surface area (Å²) in [6, 6.07) is 16.4. The van der Waals surface area contributed by atoms with Crippen molar-refractivity contribution in [3.63, 3.8) is 0 Å². The Labute approximate surface area is 188 Å². The van der Waals surface area contributed by atoms with Crippen LogP contribution in [0.5, 0.6) is 5.75 Å². The fourth-order valence-electron chi connectivity index (χ4n) is 3.01. The van der Waals surface area contributed by atoms with Crippen LogP contribution in [0.4, 0.5) is 5.69 Å². The number of hydrogen-bond acceptors (Lipinski definition) is 8. The summed E-state index contributed by atoms with van der Waals surface area (Å²) in [6.45, 7) is 1.14. The number of nitrogens with zero attached hydrogens (tertiary/aromatic N) is 4. The van der Waals surface area contributed by atoms with Crippen molar-refractivity contribution in [3.8, 4) is 28.6 Å². The van der Waals surface area contributed by atoms with Gasteiger partial charge < -0.3 is 19.4 Å². The van der Waals surface area contributed by atoms with Crippen LogP contribution in [0, 0.1) is 6.92 Å². The van der Waals surface area contributed by atoms with E-state index in [1.807, 2.05) is 30.3 Å². The fourth-order valence-corrected chi connectivity index (χ4v) is 3.31. The molecule has 0 aliphatic carbocycles. The number of phosphoric acid groups is 1. The summed E-state index contributed by atoms with van der Waals surface area (Å²) in [5.41, 5.74) is 2.68. The second-order valence-electron chi connectivity index (χ2n) is 6.96. The molecule has 0 amide bonds. The number of pyridine rings is 1. The van der Waals surface area contributed by atoms with Gasteiger partial charge in [0.15, 0.2) is 0 Å². The second kappa shape index (κ2) is 9.43. The quantitative estimate of drug-likeness (QED) is 0.269. The third-order valence-corrected chi connectivity index (χ3v) is 5.14. The number of para-hydroxylation sites is 1. The van der Waals surface area contributed by atoms with Gasteiger partial charge in [-0.15, -0.1) is 0 Å². The van der Waals surface area contributed by atoms with Crippen LogP contribution in [0.1, 0.15) is 16.8 Å². The number of aliphatic imine (C=N–C) groups is 1. The Morgan fingerprint density at radius 2 is 1.85 bits per heavy atom. The van der Waals surface area contributed by atoms with Gasteiger partial charge in [0.25, 0.3) is 5.89 Å². The molecule has 3 N–H and O–H groups in total. The largest absolute Gasteiger partial charge is 0.505 e. The lowest BCUT2D eigenvalue weighted by atomic mass is 10.1. The first kappa shape index (κ1) is 22.5. The molecular weight excluding hydrogens is 447 g/mol. The molecule has 2 heterocycles. The molecule has 0 fully saturated rings. The molecule has 0 unspecified atom stereocenters. The minimum absolute atomic E-state index is 0.172. The SMILES string of the molecule is Cc1ncc(COP(=O)(O)O)c(C=Nc2ccccc2-c2noc(-c3ccccc3)n2)c1O. The van der Waals surface area contributed by atoms with Crippen LogP contribution in [0.15, 0.2) is 70.3 Å². The summed E-state index contributed by atoms with van der Waals surface area (Å²) >= 11 is 0. The van der Waals surface area contributed by atoms with E-state index in [1.54, 1.807) is 31.2 Å². The van der Waals surface area contributed by atoms with Crippen LogP contribution < -0.4 is 0 Å². The Bertz CT molecular complexity index is 1350. The van der Waals surface area contributed by atoms with E-state index in [0.717, 1.165) is 5.56 Å². The summed E-state index contributed by atoms with van der Waals surface area (Å²) in [5.74, 6) is 0.527. The Balaban J connectivity index is 1.68. The highest BCUT2D eigenvalue weighted by molar-refractivity contribution is 7.46. The van der Waals surface area contributed by atoms with Gasteiger partial charge in [0.1, 0.15) is 5.75 Å². The van der Waals surface area contributed by atoms with Gasteiger partial charge in [-0.2, -0.15) is 4.98 Å². The van der Waals surface area contributed by atoms with E-state index in [2.05, 4.69) is 24.6 Å². The molecule has 0 atom stereocenters. The summed E-state index contributed by atoms with van der Waals surface area (Å²) in [7, 11) is -4.71. The van der Waals surface area contributed by atoms with Gasteiger partial charge in [-0.3, -0.25) is 14.5 Å². The number of phosphoric ester groups is 1. The van der Waals surface area contributed by atoms with E-state index in [4.69, 9.17) is 14.3 Å². The van der Waals surface area contributed by atoms with E-state index in [-0.39, 0.29) is 16.9 Å². The lowest BCUT2D eigenvalue weighted by Crippen LogP contribution is -2.00. The van der Waals surface area contributed by atoms with Crippen LogP contribution in [0.25, 0.3) is 22.8 Å². The maximum Gasteiger partial charge on any atom is 0.469 e. The first-order chi connectivity index (χ1) is 15.8. The Morgan fingerprint density at radius 3 is 2.61 bits per heavy atom. The Kier molecular flexibility index (Phi) is 6.43. The molecule has 11 heteroatoms. The number of aromatic nitrogens is 3. The van der Waals surface area contributed by atoms with E-state index >= 15 is 0 Å². The molecule has 2 aromatic carbocycles. The molecule has 168 valence electrons. The molecule has 0 saturated carbocycles. The van der Waals surface area contributed by atoms with Gasteiger partial charge in [0.05, 0.1) is 18.0 Å². The number of rotatable bonds is 7. The van der Waals surface area contributed by atoms with E-state index < -0.39 is 14.4 Å².